The molecule has 0 saturated carbocycles. The molecule has 4 N–H and O–H groups in total. The van der Waals surface area contributed by atoms with Crippen molar-refractivity contribution in [3.05, 3.63) is 18.2 Å². The number of hydrogen-bond donors (Lipinski definition) is 3. The van der Waals surface area contributed by atoms with Crippen LogP contribution in [0.5, 0.6) is 0 Å². The first-order valence-electron chi connectivity index (χ1n) is 5.67. The lowest BCUT2D eigenvalue weighted by Crippen LogP contribution is -2.13. The van der Waals surface area contributed by atoms with Crippen LogP contribution in [0.15, 0.2) is 18.2 Å². The van der Waals surface area contributed by atoms with Gasteiger partial charge in [-0.3, -0.25) is 0 Å². The van der Waals surface area contributed by atoms with E-state index in [4.69, 9.17) is 5.73 Å². The van der Waals surface area contributed by atoms with Gasteiger partial charge in [-0.1, -0.05) is 6.92 Å². The van der Waals surface area contributed by atoms with E-state index in [9.17, 15) is 0 Å². The number of fused-ring (bicyclic) bond motifs is 1. The molecule has 0 bridgehead atoms. The molecule has 4 nitrogen and oxygen atoms in total. The highest BCUT2D eigenvalue weighted by molar-refractivity contribution is 7.98. The minimum absolute atomic E-state index is 0.628. The molecule has 1 heterocycles. The fraction of sp³-hybridized carbons (Fsp3) is 0.417. The van der Waals surface area contributed by atoms with E-state index in [1.807, 2.05) is 30.0 Å². The second kappa shape index (κ2) is 5.31. The van der Waals surface area contributed by atoms with E-state index in [-0.39, 0.29) is 0 Å². The first kappa shape index (κ1) is 12.1. The van der Waals surface area contributed by atoms with Crippen LogP contribution in [-0.4, -0.2) is 28.5 Å². The van der Waals surface area contributed by atoms with E-state index in [2.05, 4.69) is 28.5 Å². The average molecular weight is 250 g/mol. The van der Waals surface area contributed by atoms with Gasteiger partial charge in [-0.05, 0) is 36.1 Å². The van der Waals surface area contributed by atoms with Crippen molar-refractivity contribution in [1.29, 1.82) is 0 Å². The number of nitrogens with zero attached hydrogens (tertiary/aromatic N) is 1. The molecule has 1 unspecified atom stereocenters. The predicted molar refractivity (Wildman–Crippen MR) is 76.5 cm³/mol. The average Bonchev–Trinajstić information content (AvgIpc) is 2.68. The largest absolute Gasteiger partial charge is 0.399 e. The molecule has 0 aliphatic heterocycles. The Labute approximate surface area is 105 Å². The minimum Gasteiger partial charge on any atom is -0.399 e. The summed E-state index contributed by atoms with van der Waals surface area (Å²) in [5.41, 5.74) is 8.40. The molecule has 0 radical (unpaired) electrons. The summed E-state index contributed by atoms with van der Waals surface area (Å²) in [6.07, 6.45) is 2.13. The summed E-state index contributed by atoms with van der Waals surface area (Å²) in [6.45, 7) is 3.15. The standard InChI is InChI=1S/C12H18N4S/c1-8(7-17-2)6-14-12-15-10-4-3-9(13)5-11(10)16-12/h3-5,8H,6-7,13H2,1-2H3,(H2,14,15,16). The van der Waals surface area contributed by atoms with Crippen LogP contribution in [0.3, 0.4) is 0 Å². The highest BCUT2D eigenvalue weighted by Crippen LogP contribution is 2.17. The molecule has 5 heteroatoms. The van der Waals surface area contributed by atoms with Crippen molar-refractivity contribution in [2.24, 2.45) is 5.92 Å². The van der Waals surface area contributed by atoms with E-state index < -0.39 is 0 Å². The number of imidazole rings is 1. The van der Waals surface area contributed by atoms with Crippen molar-refractivity contribution in [1.82, 2.24) is 9.97 Å². The maximum Gasteiger partial charge on any atom is 0.201 e. The SMILES string of the molecule is CSCC(C)CNc1nc2ccc(N)cc2[nH]1. The number of benzene rings is 1. The molecule has 1 aromatic heterocycles. The number of H-pyrrole nitrogens is 1. The van der Waals surface area contributed by atoms with Gasteiger partial charge in [-0.15, -0.1) is 0 Å². The molecule has 1 atom stereocenters. The quantitative estimate of drug-likeness (QED) is 0.713. The molecular formula is C12H18N4S. The van der Waals surface area contributed by atoms with Gasteiger partial charge in [0, 0.05) is 12.2 Å². The van der Waals surface area contributed by atoms with Crippen LogP contribution in [-0.2, 0) is 0 Å². The fourth-order valence-electron chi connectivity index (χ4n) is 1.73. The smallest absolute Gasteiger partial charge is 0.201 e. The summed E-state index contributed by atoms with van der Waals surface area (Å²) in [7, 11) is 0. The third-order valence-corrected chi connectivity index (χ3v) is 3.48. The normalized spacial score (nSPS) is 12.8. The zero-order valence-corrected chi connectivity index (χ0v) is 11.0. The van der Waals surface area contributed by atoms with Gasteiger partial charge >= 0.3 is 0 Å². The predicted octanol–water partition coefficient (Wildman–Crippen LogP) is 2.56. The molecule has 2 aromatic rings. The van der Waals surface area contributed by atoms with Crippen LogP contribution in [0, 0.1) is 5.92 Å². The van der Waals surface area contributed by atoms with Crippen LogP contribution in [0.1, 0.15) is 6.92 Å². The molecule has 0 aliphatic rings. The lowest BCUT2D eigenvalue weighted by Gasteiger charge is -2.09. The summed E-state index contributed by atoms with van der Waals surface area (Å²) >= 11 is 1.86. The second-order valence-corrected chi connectivity index (χ2v) is 5.21. The van der Waals surface area contributed by atoms with Crippen molar-refractivity contribution in [3.8, 4) is 0 Å². The molecule has 0 fully saturated rings. The van der Waals surface area contributed by atoms with E-state index in [1.165, 1.54) is 0 Å². The number of aromatic nitrogens is 2. The Kier molecular flexibility index (Phi) is 3.78. The molecule has 1 aromatic carbocycles. The zero-order chi connectivity index (χ0) is 12.3. The lowest BCUT2D eigenvalue weighted by atomic mass is 10.2. The third kappa shape index (κ3) is 3.06. The Morgan fingerprint density at radius 1 is 1.53 bits per heavy atom. The monoisotopic (exact) mass is 250 g/mol. The van der Waals surface area contributed by atoms with Crippen molar-refractivity contribution < 1.29 is 0 Å². The van der Waals surface area contributed by atoms with E-state index in [1.54, 1.807) is 0 Å². The number of rotatable bonds is 5. The Bertz CT molecular complexity index is 494. The van der Waals surface area contributed by atoms with Gasteiger partial charge < -0.3 is 16.0 Å². The number of thioether (sulfide) groups is 1. The molecule has 0 amide bonds. The highest BCUT2D eigenvalue weighted by Gasteiger charge is 2.05. The van der Waals surface area contributed by atoms with Gasteiger partial charge in [0.15, 0.2) is 0 Å². The van der Waals surface area contributed by atoms with E-state index in [0.717, 1.165) is 35.0 Å². The highest BCUT2D eigenvalue weighted by atomic mass is 32.2. The summed E-state index contributed by atoms with van der Waals surface area (Å²) in [5, 5.41) is 3.32. The molecule has 0 spiro atoms. The zero-order valence-electron chi connectivity index (χ0n) is 10.2. The number of nitrogen functional groups attached to an aromatic ring is 1. The first-order chi connectivity index (χ1) is 8.19. The Hall–Kier alpha value is -1.36. The summed E-state index contributed by atoms with van der Waals surface area (Å²) in [6, 6.07) is 5.69. The minimum atomic E-state index is 0.628. The van der Waals surface area contributed by atoms with Gasteiger partial charge in [0.05, 0.1) is 11.0 Å². The van der Waals surface area contributed by atoms with E-state index in [0.29, 0.717) is 5.92 Å². The van der Waals surface area contributed by atoms with Gasteiger partial charge in [-0.25, -0.2) is 4.98 Å². The topological polar surface area (TPSA) is 66.7 Å². The number of hydrogen-bond acceptors (Lipinski definition) is 4. The molecule has 92 valence electrons. The molecule has 17 heavy (non-hydrogen) atoms. The molecule has 0 saturated heterocycles. The lowest BCUT2D eigenvalue weighted by molar-refractivity contribution is 0.698. The number of aromatic amines is 1. The Morgan fingerprint density at radius 2 is 2.35 bits per heavy atom. The number of nitrogens with one attached hydrogen (secondary N) is 2. The van der Waals surface area contributed by atoms with Gasteiger partial charge in [-0.2, -0.15) is 11.8 Å². The van der Waals surface area contributed by atoms with Crippen molar-refractivity contribution in [2.45, 2.75) is 6.92 Å². The van der Waals surface area contributed by atoms with Crippen molar-refractivity contribution >= 4 is 34.4 Å². The van der Waals surface area contributed by atoms with E-state index >= 15 is 0 Å². The van der Waals surface area contributed by atoms with Crippen LogP contribution in [0.25, 0.3) is 11.0 Å². The Balaban J connectivity index is 2.04. The van der Waals surface area contributed by atoms with Crippen molar-refractivity contribution in [3.63, 3.8) is 0 Å². The van der Waals surface area contributed by atoms with Gasteiger partial charge in [0.25, 0.3) is 0 Å². The maximum absolute atomic E-state index is 5.72. The van der Waals surface area contributed by atoms with Gasteiger partial charge in [0.1, 0.15) is 0 Å². The molecule has 2 rings (SSSR count). The Morgan fingerprint density at radius 3 is 3.12 bits per heavy atom. The van der Waals surface area contributed by atoms with Gasteiger partial charge in [0.2, 0.25) is 5.95 Å². The summed E-state index contributed by atoms with van der Waals surface area (Å²) in [4.78, 5) is 7.68. The fourth-order valence-corrected chi connectivity index (χ4v) is 2.41. The molecular weight excluding hydrogens is 232 g/mol. The maximum atomic E-state index is 5.72. The van der Waals surface area contributed by atoms with Crippen LogP contribution in [0.2, 0.25) is 0 Å². The third-order valence-electron chi connectivity index (χ3n) is 2.58. The van der Waals surface area contributed by atoms with Crippen LogP contribution >= 0.6 is 11.8 Å². The number of nitrogens with two attached hydrogens (primary N) is 1. The summed E-state index contributed by atoms with van der Waals surface area (Å²) in [5.74, 6) is 2.60. The molecule has 0 aliphatic carbocycles. The first-order valence-corrected chi connectivity index (χ1v) is 7.06. The van der Waals surface area contributed by atoms with Crippen LogP contribution < -0.4 is 11.1 Å². The summed E-state index contributed by atoms with van der Waals surface area (Å²) < 4.78 is 0. The number of anilines is 2. The van der Waals surface area contributed by atoms with Crippen LogP contribution in [0.4, 0.5) is 11.6 Å². The van der Waals surface area contributed by atoms with Crippen molar-refractivity contribution in [2.75, 3.05) is 29.6 Å². The second-order valence-electron chi connectivity index (χ2n) is 4.30.